The maximum atomic E-state index is 5.52. The fourth-order valence-corrected chi connectivity index (χ4v) is 3.85. The summed E-state index contributed by atoms with van der Waals surface area (Å²) in [6.45, 7) is 1.42. The molecule has 0 radical (unpaired) electrons. The van der Waals surface area contributed by atoms with E-state index in [0.717, 1.165) is 23.8 Å². The highest BCUT2D eigenvalue weighted by molar-refractivity contribution is 5.80. The van der Waals surface area contributed by atoms with Crippen molar-refractivity contribution in [3.63, 3.8) is 0 Å². The molecule has 1 saturated carbocycles. The minimum Gasteiger partial charge on any atom is -0.496 e. The van der Waals surface area contributed by atoms with E-state index in [4.69, 9.17) is 14.2 Å². The molecule has 6 nitrogen and oxygen atoms in total. The number of hydrogen-bond acceptors (Lipinski definition) is 4. The lowest BCUT2D eigenvalue weighted by atomic mass is 9.64. The molecule has 156 valence electrons. The summed E-state index contributed by atoms with van der Waals surface area (Å²) < 4.78 is 16.3. The van der Waals surface area contributed by atoms with Crippen molar-refractivity contribution in [1.29, 1.82) is 0 Å². The molecule has 0 heterocycles. The molecule has 0 amide bonds. The fraction of sp³-hybridized carbons (Fsp3) is 0.435. The summed E-state index contributed by atoms with van der Waals surface area (Å²) in [7, 11) is 6.68. The van der Waals surface area contributed by atoms with Crippen LogP contribution in [-0.4, -0.2) is 40.9 Å². The van der Waals surface area contributed by atoms with Crippen molar-refractivity contribution in [2.75, 3.05) is 34.9 Å². The van der Waals surface area contributed by atoms with E-state index in [2.05, 4.69) is 46.0 Å². The van der Waals surface area contributed by atoms with Gasteiger partial charge in [-0.2, -0.15) is 0 Å². The van der Waals surface area contributed by atoms with Gasteiger partial charge in [-0.25, -0.2) is 0 Å². The normalized spacial score (nSPS) is 15.2. The van der Waals surface area contributed by atoms with Crippen LogP contribution in [0.3, 0.4) is 0 Å². The number of guanidine groups is 1. The van der Waals surface area contributed by atoms with Crippen molar-refractivity contribution in [2.45, 2.75) is 31.2 Å². The first kappa shape index (κ1) is 20.8. The van der Waals surface area contributed by atoms with Crippen LogP contribution < -0.4 is 24.8 Å². The van der Waals surface area contributed by atoms with Crippen LogP contribution in [0.5, 0.6) is 17.2 Å². The van der Waals surface area contributed by atoms with E-state index < -0.39 is 0 Å². The Morgan fingerprint density at radius 1 is 0.931 bits per heavy atom. The summed E-state index contributed by atoms with van der Waals surface area (Å²) in [6, 6.07) is 14.5. The zero-order valence-corrected chi connectivity index (χ0v) is 17.7. The molecule has 0 saturated heterocycles. The van der Waals surface area contributed by atoms with Gasteiger partial charge in [-0.3, -0.25) is 4.99 Å². The molecule has 0 unspecified atom stereocenters. The molecule has 3 rings (SSSR count). The van der Waals surface area contributed by atoms with Gasteiger partial charge in [-0.15, -0.1) is 0 Å². The highest BCUT2D eigenvalue weighted by atomic mass is 16.5. The standard InChI is InChI=1S/C23H31N3O3/c1-24-22(26-16-23(11-8-12-23)18-9-6-5-7-10-18)25-15-17-13-20(28-3)21(29-4)14-19(17)27-2/h5-7,9-10,13-14H,8,11-12,15-16H2,1-4H3,(H2,24,25,26). The largest absolute Gasteiger partial charge is 0.496 e. The molecule has 2 aromatic rings. The molecule has 0 atom stereocenters. The van der Waals surface area contributed by atoms with Gasteiger partial charge in [0.05, 0.1) is 21.3 Å². The van der Waals surface area contributed by atoms with Gasteiger partial charge in [0.25, 0.3) is 0 Å². The third-order valence-corrected chi connectivity index (χ3v) is 5.75. The Hall–Kier alpha value is -2.89. The number of aliphatic imine (C=N–C) groups is 1. The van der Waals surface area contributed by atoms with Crippen molar-refractivity contribution in [2.24, 2.45) is 4.99 Å². The number of nitrogens with zero attached hydrogens (tertiary/aromatic N) is 1. The minimum absolute atomic E-state index is 0.194. The molecule has 6 heteroatoms. The lowest BCUT2D eigenvalue weighted by molar-refractivity contribution is 0.244. The molecule has 1 aliphatic carbocycles. The summed E-state index contributed by atoms with van der Waals surface area (Å²) in [4.78, 5) is 4.39. The SMILES string of the molecule is CN=C(NCc1cc(OC)c(OC)cc1OC)NCC1(c2ccccc2)CCC1. The van der Waals surface area contributed by atoms with E-state index in [1.165, 1.54) is 24.8 Å². The van der Waals surface area contributed by atoms with Crippen LogP contribution >= 0.6 is 0 Å². The van der Waals surface area contributed by atoms with E-state index in [1.54, 1.807) is 28.4 Å². The smallest absolute Gasteiger partial charge is 0.191 e. The fourth-order valence-electron chi connectivity index (χ4n) is 3.85. The second-order valence-electron chi connectivity index (χ2n) is 7.30. The molecule has 0 aromatic heterocycles. The van der Waals surface area contributed by atoms with Gasteiger partial charge in [-0.05, 0) is 24.5 Å². The zero-order chi connectivity index (χ0) is 20.7. The Labute approximate surface area is 173 Å². The highest BCUT2D eigenvalue weighted by Crippen LogP contribution is 2.43. The number of methoxy groups -OCH3 is 3. The molecule has 1 fully saturated rings. The van der Waals surface area contributed by atoms with Gasteiger partial charge < -0.3 is 24.8 Å². The Morgan fingerprint density at radius 2 is 1.59 bits per heavy atom. The van der Waals surface area contributed by atoms with Crippen LogP contribution in [-0.2, 0) is 12.0 Å². The zero-order valence-electron chi connectivity index (χ0n) is 17.7. The lowest BCUT2D eigenvalue weighted by Gasteiger charge is -2.43. The summed E-state index contributed by atoms with van der Waals surface area (Å²) >= 11 is 0. The third kappa shape index (κ3) is 4.58. The summed E-state index contributed by atoms with van der Waals surface area (Å²) in [5.74, 6) is 2.82. The van der Waals surface area contributed by atoms with Crippen molar-refractivity contribution >= 4 is 5.96 Å². The molecular formula is C23H31N3O3. The first-order valence-electron chi connectivity index (χ1n) is 9.94. The van der Waals surface area contributed by atoms with Crippen molar-refractivity contribution < 1.29 is 14.2 Å². The van der Waals surface area contributed by atoms with Gasteiger partial charge >= 0.3 is 0 Å². The van der Waals surface area contributed by atoms with Crippen LogP contribution in [0, 0.1) is 0 Å². The lowest BCUT2D eigenvalue weighted by Crippen LogP contribution is -2.48. The average Bonchev–Trinajstić information content (AvgIpc) is 2.75. The van der Waals surface area contributed by atoms with Crippen LogP contribution in [0.4, 0.5) is 0 Å². The maximum Gasteiger partial charge on any atom is 0.191 e. The molecule has 2 aromatic carbocycles. The Bertz CT molecular complexity index is 833. The van der Waals surface area contributed by atoms with Crippen molar-refractivity contribution in [3.05, 3.63) is 53.6 Å². The average molecular weight is 398 g/mol. The number of hydrogen-bond donors (Lipinski definition) is 2. The predicted octanol–water partition coefficient (Wildman–Crippen LogP) is 3.50. The first-order chi connectivity index (χ1) is 14.2. The van der Waals surface area contributed by atoms with Crippen molar-refractivity contribution in [3.8, 4) is 17.2 Å². The second kappa shape index (κ2) is 9.54. The summed E-state index contributed by atoms with van der Waals surface area (Å²) in [5.41, 5.74) is 2.56. The Kier molecular flexibility index (Phi) is 6.86. The summed E-state index contributed by atoms with van der Waals surface area (Å²) in [6.07, 6.45) is 3.67. The van der Waals surface area contributed by atoms with Crippen LogP contribution in [0.25, 0.3) is 0 Å². The van der Waals surface area contributed by atoms with Gasteiger partial charge in [0.2, 0.25) is 0 Å². The first-order valence-corrected chi connectivity index (χ1v) is 9.94. The number of ether oxygens (including phenoxy) is 3. The van der Waals surface area contributed by atoms with Gasteiger partial charge in [0.1, 0.15) is 5.75 Å². The predicted molar refractivity (Wildman–Crippen MR) is 116 cm³/mol. The van der Waals surface area contributed by atoms with Crippen LogP contribution in [0.15, 0.2) is 47.5 Å². The molecule has 0 bridgehead atoms. The van der Waals surface area contributed by atoms with Gasteiger partial charge in [0, 0.05) is 37.2 Å². The second-order valence-corrected chi connectivity index (χ2v) is 7.30. The van der Waals surface area contributed by atoms with Crippen LogP contribution in [0.1, 0.15) is 30.4 Å². The number of nitrogens with one attached hydrogen (secondary N) is 2. The van der Waals surface area contributed by atoms with E-state index in [-0.39, 0.29) is 5.41 Å². The number of rotatable bonds is 8. The number of benzene rings is 2. The quantitative estimate of drug-likeness (QED) is 0.527. The summed E-state index contributed by atoms with van der Waals surface area (Å²) in [5, 5.41) is 6.90. The maximum absolute atomic E-state index is 5.52. The third-order valence-electron chi connectivity index (χ3n) is 5.75. The molecule has 29 heavy (non-hydrogen) atoms. The topological polar surface area (TPSA) is 64.1 Å². The van der Waals surface area contributed by atoms with E-state index >= 15 is 0 Å². The highest BCUT2D eigenvalue weighted by Gasteiger charge is 2.38. The Balaban J connectivity index is 1.65. The van der Waals surface area contributed by atoms with E-state index in [1.807, 2.05) is 12.1 Å². The van der Waals surface area contributed by atoms with E-state index in [0.29, 0.717) is 18.0 Å². The molecule has 0 spiro atoms. The molecule has 0 aliphatic heterocycles. The molecular weight excluding hydrogens is 366 g/mol. The molecule has 2 N–H and O–H groups in total. The van der Waals surface area contributed by atoms with E-state index in [9.17, 15) is 0 Å². The minimum atomic E-state index is 0.194. The monoisotopic (exact) mass is 397 g/mol. The van der Waals surface area contributed by atoms with Crippen molar-refractivity contribution in [1.82, 2.24) is 10.6 Å². The Morgan fingerprint density at radius 3 is 2.14 bits per heavy atom. The molecule has 1 aliphatic rings. The van der Waals surface area contributed by atoms with Crippen LogP contribution in [0.2, 0.25) is 0 Å². The van der Waals surface area contributed by atoms with Gasteiger partial charge in [0.15, 0.2) is 17.5 Å². The van der Waals surface area contributed by atoms with Gasteiger partial charge in [-0.1, -0.05) is 36.8 Å².